The lowest BCUT2D eigenvalue weighted by molar-refractivity contribution is -0.144. The van der Waals surface area contributed by atoms with E-state index in [2.05, 4.69) is 26.1 Å². The smallest absolute Gasteiger partial charge is 0.251 e. The summed E-state index contributed by atoms with van der Waals surface area (Å²) in [5, 5.41) is 3.59. The van der Waals surface area contributed by atoms with Crippen LogP contribution in [0.5, 0.6) is 0 Å². The van der Waals surface area contributed by atoms with Crippen LogP contribution in [0.25, 0.3) is 0 Å². The van der Waals surface area contributed by atoms with Crippen LogP contribution in [0.15, 0.2) is 0 Å². The molecule has 4 atom stereocenters. The Kier molecular flexibility index (Phi) is 5.22. The molecule has 110 valence electrons. The zero-order valence-corrected chi connectivity index (χ0v) is 12.5. The maximum Gasteiger partial charge on any atom is 0.251 e. The van der Waals surface area contributed by atoms with E-state index in [9.17, 15) is 4.79 Å². The van der Waals surface area contributed by atoms with Gasteiger partial charge in [-0.05, 0) is 45.1 Å². The van der Waals surface area contributed by atoms with Crippen molar-refractivity contribution in [1.82, 2.24) is 10.2 Å². The lowest BCUT2D eigenvalue weighted by Gasteiger charge is -2.38. The Hall–Kier alpha value is -0.610. The van der Waals surface area contributed by atoms with E-state index in [-0.39, 0.29) is 18.1 Å². The van der Waals surface area contributed by atoms with E-state index in [0.29, 0.717) is 12.0 Å². The number of hydrogen-bond acceptors (Lipinski definition) is 3. The molecule has 4 nitrogen and oxygen atoms in total. The first-order chi connectivity index (χ1) is 9.11. The molecule has 0 aliphatic carbocycles. The maximum atomic E-state index is 12.4. The van der Waals surface area contributed by atoms with Gasteiger partial charge in [0.2, 0.25) is 0 Å². The van der Waals surface area contributed by atoms with Gasteiger partial charge in [0.05, 0.1) is 6.10 Å². The number of amides is 1. The number of rotatable bonds is 4. The molecule has 0 aromatic carbocycles. The van der Waals surface area contributed by atoms with Gasteiger partial charge in [-0.2, -0.15) is 0 Å². The molecule has 2 rings (SSSR count). The van der Waals surface area contributed by atoms with E-state index in [1.807, 2.05) is 4.90 Å². The van der Waals surface area contributed by atoms with Crippen LogP contribution in [0.1, 0.15) is 46.5 Å². The molecule has 19 heavy (non-hydrogen) atoms. The van der Waals surface area contributed by atoms with E-state index in [0.717, 1.165) is 38.9 Å². The van der Waals surface area contributed by atoms with Gasteiger partial charge in [0.15, 0.2) is 0 Å². The summed E-state index contributed by atoms with van der Waals surface area (Å²) in [4.78, 5) is 14.4. The van der Waals surface area contributed by atoms with Gasteiger partial charge in [0, 0.05) is 19.1 Å². The fourth-order valence-corrected chi connectivity index (χ4v) is 3.17. The zero-order chi connectivity index (χ0) is 13.8. The Labute approximate surface area is 116 Å². The van der Waals surface area contributed by atoms with Crippen LogP contribution in [0.2, 0.25) is 0 Å². The molecule has 4 heteroatoms. The summed E-state index contributed by atoms with van der Waals surface area (Å²) in [6.07, 6.45) is 4.20. The Bertz CT molecular complexity index is 309. The number of nitrogens with one attached hydrogen (secondary N) is 1. The summed E-state index contributed by atoms with van der Waals surface area (Å²) < 4.78 is 5.70. The van der Waals surface area contributed by atoms with Gasteiger partial charge < -0.3 is 15.0 Å². The van der Waals surface area contributed by atoms with Crippen molar-refractivity contribution in [2.45, 2.75) is 64.7 Å². The number of nitrogens with zero attached hydrogens (tertiary/aromatic N) is 1. The van der Waals surface area contributed by atoms with Crippen LogP contribution in [-0.2, 0) is 9.53 Å². The average molecular weight is 268 g/mol. The van der Waals surface area contributed by atoms with Crippen LogP contribution in [0, 0.1) is 5.92 Å². The van der Waals surface area contributed by atoms with Gasteiger partial charge in [-0.15, -0.1) is 0 Å². The van der Waals surface area contributed by atoms with Gasteiger partial charge in [-0.3, -0.25) is 4.79 Å². The highest BCUT2D eigenvalue weighted by Gasteiger charge is 2.35. The van der Waals surface area contributed by atoms with Crippen LogP contribution < -0.4 is 5.32 Å². The first-order valence-electron chi connectivity index (χ1n) is 7.79. The van der Waals surface area contributed by atoms with Crippen molar-refractivity contribution in [3.63, 3.8) is 0 Å². The number of piperidine rings is 1. The monoisotopic (exact) mass is 268 g/mol. The lowest BCUT2D eigenvalue weighted by atomic mass is 9.93. The van der Waals surface area contributed by atoms with Gasteiger partial charge in [0.1, 0.15) is 6.10 Å². The van der Waals surface area contributed by atoms with Crippen molar-refractivity contribution in [3.8, 4) is 0 Å². The zero-order valence-electron chi connectivity index (χ0n) is 12.5. The minimum atomic E-state index is -0.178. The molecule has 1 amide bonds. The summed E-state index contributed by atoms with van der Waals surface area (Å²) in [6, 6.07) is 0.562. The summed E-state index contributed by atoms with van der Waals surface area (Å²) in [7, 11) is 0. The first-order valence-corrected chi connectivity index (χ1v) is 7.79. The van der Waals surface area contributed by atoms with Crippen LogP contribution in [0.4, 0.5) is 0 Å². The minimum Gasteiger partial charge on any atom is -0.365 e. The molecule has 2 heterocycles. The Morgan fingerprint density at radius 3 is 2.68 bits per heavy atom. The van der Waals surface area contributed by atoms with E-state index in [1.54, 1.807) is 0 Å². The van der Waals surface area contributed by atoms with Crippen molar-refractivity contribution in [2.75, 3.05) is 19.6 Å². The Morgan fingerprint density at radius 1 is 1.32 bits per heavy atom. The minimum absolute atomic E-state index is 0.178. The second-order valence-corrected chi connectivity index (χ2v) is 6.12. The second-order valence-electron chi connectivity index (χ2n) is 6.12. The molecule has 2 aliphatic rings. The number of hydrogen-bond donors (Lipinski definition) is 1. The predicted molar refractivity (Wildman–Crippen MR) is 76.0 cm³/mol. The fraction of sp³-hybridized carbons (Fsp3) is 0.933. The molecule has 2 aliphatic heterocycles. The molecule has 0 radical (unpaired) electrons. The molecule has 2 saturated heterocycles. The van der Waals surface area contributed by atoms with Crippen molar-refractivity contribution >= 4 is 5.91 Å². The van der Waals surface area contributed by atoms with Crippen LogP contribution in [-0.4, -0.2) is 48.7 Å². The third-order valence-electron chi connectivity index (χ3n) is 4.38. The van der Waals surface area contributed by atoms with Crippen LogP contribution in [0.3, 0.4) is 0 Å². The Balaban J connectivity index is 1.82. The largest absolute Gasteiger partial charge is 0.365 e. The summed E-state index contributed by atoms with van der Waals surface area (Å²) in [5.74, 6) is 0.744. The third-order valence-corrected chi connectivity index (χ3v) is 4.38. The third kappa shape index (κ3) is 3.69. The van der Waals surface area contributed by atoms with Gasteiger partial charge in [-0.1, -0.05) is 13.8 Å². The quantitative estimate of drug-likeness (QED) is 0.845. The summed E-state index contributed by atoms with van der Waals surface area (Å²) in [6.45, 7) is 9.30. The van der Waals surface area contributed by atoms with Gasteiger partial charge in [-0.25, -0.2) is 0 Å². The highest BCUT2D eigenvalue weighted by molar-refractivity contribution is 5.81. The first kappa shape index (κ1) is 14.8. The maximum absolute atomic E-state index is 12.4. The number of ether oxygens (including phenoxy) is 1. The van der Waals surface area contributed by atoms with Crippen molar-refractivity contribution < 1.29 is 9.53 Å². The molecule has 4 unspecified atom stereocenters. The lowest BCUT2D eigenvalue weighted by Crippen LogP contribution is -2.52. The second kappa shape index (κ2) is 6.71. The van der Waals surface area contributed by atoms with E-state index >= 15 is 0 Å². The molecule has 0 bridgehead atoms. The molecule has 2 fully saturated rings. The highest BCUT2D eigenvalue weighted by Crippen LogP contribution is 2.24. The van der Waals surface area contributed by atoms with E-state index in [4.69, 9.17) is 4.74 Å². The topological polar surface area (TPSA) is 41.6 Å². The summed E-state index contributed by atoms with van der Waals surface area (Å²) in [5.41, 5.74) is 0. The number of likely N-dealkylation sites (tertiary alicyclic amines) is 1. The van der Waals surface area contributed by atoms with Crippen LogP contribution >= 0.6 is 0 Å². The van der Waals surface area contributed by atoms with Gasteiger partial charge >= 0.3 is 0 Å². The van der Waals surface area contributed by atoms with Crippen molar-refractivity contribution in [1.29, 1.82) is 0 Å². The van der Waals surface area contributed by atoms with Crippen molar-refractivity contribution in [2.24, 2.45) is 5.92 Å². The molecule has 0 aromatic rings. The Morgan fingerprint density at radius 2 is 2.11 bits per heavy atom. The van der Waals surface area contributed by atoms with E-state index < -0.39 is 0 Å². The fourth-order valence-electron chi connectivity index (χ4n) is 3.17. The molecule has 0 spiro atoms. The SMILES string of the molecule is CCCNC1CCN(C(=O)C2CCC(C)O2)CC1C. The molecular formula is C15H28N2O2. The standard InChI is InChI=1S/C15H28N2O2/c1-4-8-16-13-7-9-17(10-11(13)2)15(18)14-6-5-12(3)19-14/h11-14,16H,4-10H2,1-3H3. The summed E-state index contributed by atoms with van der Waals surface area (Å²) >= 11 is 0. The number of carbonyl (C=O) groups is 1. The normalized spacial score (nSPS) is 35.6. The number of carbonyl (C=O) groups excluding carboxylic acids is 1. The molecule has 0 aromatic heterocycles. The van der Waals surface area contributed by atoms with Gasteiger partial charge in [0.25, 0.3) is 5.91 Å². The van der Waals surface area contributed by atoms with E-state index in [1.165, 1.54) is 6.42 Å². The molecule has 1 N–H and O–H groups in total. The molecular weight excluding hydrogens is 240 g/mol. The predicted octanol–water partition coefficient (Wildman–Crippen LogP) is 1.79. The molecule has 0 saturated carbocycles. The highest BCUT2D eigenvalue weighted by atomic mass is 16.5. The van der Waals surface area contributed by atoms with Crippen molar-refractivity contribution in [3.05, 3.63) is 0 Å². The average Bonchev–Trinajstić information content (AvgIpc) is 2.83.